The number of hydrogen-bond acceptors (Lipinski definition) is 6. The van der Waals surface area contributed by atoms with Gasteiger partial charge in [-0.25, -0.2) is 13.2 Å². The van der Waals surface area contributed by atoms with Gasteiger partial charge in [0.05, 0.1) is 17.1 Å². The van der Waals surface area contributed by atoms with Gasteiger partial charge in [0.1, 0.15) is 5.52 Å². The predicted molar refractivity (Wildman–Crippen MR) is 111 cm³/mol. The molecule has 0 saturated carbocycles. The van der Waals surface area contributed by atoms with E-state index in [1.54, 1.807) is 13.0 Å². The normalized spacial score (nSPS) is 22.0. The first kappa shape index (κ1) is 19.3. The molecule has 1 aromatic carbocycles. The van der Waals surface area contributed by atoms with Crippen molar-refractivity contribution in [3.05, 3.63) is 40.3 Å². The van der Waals surface area contributed by atoms with E-state index in [9.17, 15) is 18.0 Å². The summed E-state index contributed by atoms with van der Waals surface area (Å²) in [5.41, 5.74) is 0.490. The van der Waals surface area contributed by atoms with E-state index in [-0.39, 0.29) is 28.1 Å². The van der Waals surface area contributed by atoms with Crippen molar-refractivity contribution in [2.75, 3.05) is 32.8 Å². The first-order valence-electron chi connectivity index (χ1n) is 9.95. The van der Waals surface area contributed by atoms with Crippen LogP contribution < -0.4 is 10.9 Å². The van der Waals surface area contributed by atoms with Crippen LogP contribution in [0.15, 0.2) is 34.1 Å². The molecule has 0 aliphatic carbocycles. The summed E-state index contributed by atoms with van der Waals surface area (Å²) in [6.07, 6.45) is 1.42. The lowest BCUT2D eigenvalue weighted by Crippen LogP contribution is -2.32. The van der Waals surface area contributed by atoms with E-state index >= 15 is 0 Å². The molecule has 9 nitrogen and oxygen atoms in total. The van der Waals surface area contributed by atoms with Gasteiger partial charge in [0.25, 0.3) is 5.56 Å². The van der Waals surface area contributed by atoms with Crippen LogP contribution in [0, 0.1) is 11.8 Å². The molecule has 30 heavy (non-hydrogen) atoms. The maximum absolute atomic E-state index is 13.3. The fraction of sp³-hybridized carbons (Fsp3) is 0.400. The molecule has 3 aromatic rings. The van der Waals surface area contributed by atoms with E-state index < -0.39 is 16.0 Å². The fourth-order valence-electron chi connectivity index (χ4n) is 4.59. The monoisotopic (exact) mass is 430 g/mol. The summed E-state index contributed by atoms with van der Waals surface area (Å²) >= 11 is 0. The minimum Gasteiger partial charge on any atom is -0.462 e. The van der Waals surface area contributed by atoms with E-state index in [2.05, 4.69) is 15.3 Å². The maximum Gasteiger partial charge on any atom is 0.340 e. The number of aromatic amines is 2. The molecule has 2 unspecified atom stereocenters. The highest BCUT2D eigenvalue weighted by atomic mass is 32.2. The second-order valence-corrected chi connectivity index (χ2v) is 9.77. The molecule has 3 N–H and O–H groups in total. The Morgan fingerprint density at radius 1 is 1.23 bits per heavy atom. The number of aromatic nitrogens is 2. The Bertz CT molecular complexity index is 1310. The molecule has 0 spiro atoms. The van der Waals surface area contributed by atoms with Gasteiger partial charge in [-0.3, -0.25) is 4.79 Å². The minimum absolute atomic E-state index is 0.146. The number of nitrogens with zero attached hydrogens (tertiary/aromatic N) is 1. The van der Waals surface area contributed by atoms with Crippen molar-refractivity contribution in [3.8, 4) is 0 Å². The summed E-state index contributed by atoms with van der Waals surface area (Å²) in [6.45, 7) is 4.56. The molecule has 2 saturated heterocycles. The van der Waals surface area contributed by atoms with E-state index in [0.29, 0.717) is 41.2 Å². The molecule has 0 radical (unpaired) electrons. The zero-order valence-corrected chi connectivity index (χ0v) is 17.2. The Hall–Kier alpha value is -2.69. The number of carbonyl (C=O) groups is 1. The summed E-state index contributed by atoms with van der Waals surface area (Å²) in [7, 11) is -3.69. The molecule has 2 aliphatic heterocycles. The van der Waals surface area contributed by atoms with Crippen LogP contribution in [0.4, 0.5) is 0 Å². The first-order chi connectivity index (χ1) is 14.4. The standard InChI is InChI=1S/C20H22N4O5S/c1-2-29-20(26)15-8-22-18-17(15)14-5-13(3-4-16(14)23-19(18)25)30(27,28)24-9-11-6-21-7-12(11)10-24/h3-5,8,11-12,21-22H,2,6-7,9-10H2,1H3,(H,23,25). The topological polar surface area (TPSA) is 124 Å². The number of benzene rings is 1. The summed E-state index contributed by atoms with van der Waals surface area (Å²) < 4.78 is 33.3. The molecule has 0 bridgehead atoms. The molecule has 10 heteroatoms. The van der Waals surface area contributed by atoms with E-state index in [1.165, 1.54) is 22.6 Å². The molecule has 0 amide bonds. The molecular formula is C20H22N4O5S. The van der Waals surface area contributed by atoms with Crippen molar-refractivity contribution in [2.45, 2.75) is 11.8 Å². The van der Waals surface area contributed by atoms with E-state index in [0.717, 1.165) is 13.1 Å². The quantitative estimate of drug-likeness (QED) is 0.531. The van der Waals surface area contributed by atoms with Gasteiger partial charge in [-0.2, -0.15) is 4.31 Å². The fourth-order valence-corrected chi connectivity index (χ4v) is 6.17. The van der Waals surface area contributed by atoms with E-state index in [1.807, 2.05) is 0 Å². The van der Waals surface area contributed by atoms with Crippen molar-refractivity contribution >= 4 is 37.8 Å². The number of rotatable bonds is 4. The first-order valence-corrected chi connectivity index (χ1v) is 11.4. The van der Waals surface area contributed by atoms with Crippen LogP contribution in [0.25, 0.3) is 21.8 Å². The Balaban J connectivity index is 1.65. The van der Waals surface area contributed by atoms with Crippen molar-refractivity contribution in [2.24, 2.45) is 11.8 Å². The largest absolute Gasteiger partial charge is 0.462 e. The zero-order chi connectivity index (χ0) is 21.0. The van der Waals surface area contributed by atoms with Crippen molar-refractivity contribution in [1.29, 1.82) is 0 Å². The third-order valence-electron chi connectivity index (χ3n) is 6.10. The highest BCUT2D eigenvalue weighted by molar-refractivity contribution is 7.89. The Morgan fingerprint density at radius 3 is 2.67 bits per heavy atom. The van der Waals surface area contributed by atoms with E-state index in [4.69, 9.17) is 4.74 Å². The molecule has 2 aromatic heterocycles. The summed E-state index contributed by atoms with van der Waals surface area (Å²) in [6, 6.07) is 4.61. The molecular weight excluding hydrogens is 408 g/mol. The molecule has 2 aliphatic rings. The Kier molecular flexibility index (Phi) is 4.46. The lowest BCUT2D eigenvalue weighted by molar-refractivity contribution is 0.0529. The van der Waals surface area contributed by atoms with Gasteiger partial charge in [-0.1, -0.05) is 0 Å². The van der Waals surface area contributed by atoms with Gasteiger partial charge in [-0.15, -0.1) is 0 Å². The predicted octanol–water partition coefficient (Wildman–Crippen LogP) is 1.03. The molecule has 5 rings (SSSR count). The second kappa shape index (κ2) is 6.93. The number of hydrogen-bond donors (Lipinski definition) is 3. The number of sulfonamides is 1. The third kappa shape index (κ3) is 2.86. The number of nitrogens with one attached hydrogen (secondary N) is 3. The lowest BCUT2D eigenvalue weighted by atomic mass is 10.0. The van der Waals surface area contributed by atoms with Crippen LogP contribution in [0.5, 0.6) is 0 Å². The molecule has 4 heterocycles. The minimum atomic E-state index is -3.69. The van der Waals surface area contributed by atoms with Gasteiger partial charge in [0, 0.05) is 35.6 Å². The summed E-state index contributed by atoms with van der Waals surface area (Å²) in [5.74, 6) is 0.107. The van der Waals surface area contributed by atoms with Crippen LogP contribution in [-0.4, -0.2) is 61.4 Å². The van der Waals surface area contributed by atoms with Crippen LogP contribution in [0.1, 0.15) is 17.3 Å². The van der Waals surface area contributed by atoms with Crippen molar-refractivity contribution < 1.29 is 17.9 Å². The van der Waals surface area contributed by atoms with Crippen LogP contribution in [-0.2, 0) is 14.8 Å². The van der Waals surface area contributed by atoms with Gasteiger partial charge >= 0.3 is 5.97 Å². The van der Waals surface area contributed by atoms with Crippen LogP contribution in [0.2, 0.25) is 0 Å². The number of H-pyrrole nitrogens is 2. The number of esters is 1. The highest BCUT2D eigenvalue weighted by Gasteiger charge is 2.41. The number of fused-ring (bicyclic) bond motifs is 4. The molecule has 158 valence electrons. The number of ether oxygens (including phenoxy) is 1. The smallest absolute Gasteiger partial charge is 0.340 e. The molecule has 2 fully saturated rings. The van der Waals surface area contributed by atoms with Crippen LogP contribution in [0.3, 0.4) is 0 Å². The van der Waals surface area contributed by atoms with Crippen molar-refractivity contribution in [3.63, 3.8) is 0 Å². The number of carbonyl (C=O) groups excluding carboxylic acids is 1. The maximum atomic E-state index is 13.3. The average Bonchev–Trinajstić information content (AvgIpc) is 3.42. The second-order valence-electron chi connectivity index (χ2n) is 7.83. The lowest BCUT2D eigenvalue weighted by Gasteiger charge is -2.18. The zero-order valence-electron chi connectivity index (χ0n) is 16.4. The van der Waals surface area contributed by atoms with Gasteiger partial charge < -0.3 is 20.0 Å². The third-order valence-corrected chi connectivity index (χ3v) is 7.93. The SMILES string of the molecule is CCOC(=O)c1c[nH]c2c(=O)[nH]c3ccc(S(=O)(=O)N4CC5CNCC5C4)cc3c12. The van der Waals surface area contributed by atoms with Crippen molar-refractivity contribution in [1.82, 2.24) is 19.6 Å². The summed E-state index contributed by atoms with van der Waals surface area (Å²) in [4.78, 5) is 30.5. The highest BCUT2D eigenvalue weighted by Crippen LogP contribution is 2.33. The van der Waals surface area contributed by atoms with Crippen LogP contribution >= 0.6 is 0 Å². The Morgan fingerprint density at radius 2 is 1.97 bits per heavy atom. The van der Waals surface area contributed by atoms with Gasteiger partial charge in [0.15, 0.2) is 0 Å². The van der Waals surface area contributed by atoms with Gasteiger partial charge in [-0.05, 0) is 50.0 Å². The van der Waals surface area contributed by atoms with Gasteiger partial charge in [0.2, 0.25) is 10.0 Å². The number of pyridine rings is 1. The molecule has 2 atom stereocenters. The summed E-state index contributed by atoms with van der Waals surface area (Å²) in [5, 5.41) is 4.16. The average molecular weight is 430 g/mol. The Labute approximate surface area is 172 Å².